The minimum atomic E-state index is -2.24. The number of carbonyl (C=O) groups is 22. The Morgan fingerprint density at radius 1 is 0.288 bits per heavy atom. The van der Waals surface area contributed by atoms with E-state index >= 15 is 0 Å². The lowest BCUT2D eigenvalue weighted by Gasteiger charge is -2.29. The van der Waals surface area contributed by atoms with E-state index in [2.05, 4.69) is 79.8 Å². The molecular weight excluding hydrogens is 1730 g/mol. The second-order valence-electron chi connectivity index (χ2n) is 33.0. The van der Waals surface area contributed by atoms with Gasteiger partial charge in [0, 0.05) is 51.4 Å². The molecule has 3 rings (SSSR count). The normalized spacial score (nSPS) is 14.7. The first-order chi connectivity index (χ1) is 61.9. The lowest BCUT2D eigenvalue weighted by atomic mass is 10.00. The van der Waals surface area contributed by atoms with E-state index in [1.807, 2.05) is 0 Å². The molecule has 0 unspecified atom stereocenters. The van der Waals surface area contributed by atoms with Gasteiger partial charge in [0.2, 0.25) is 100 Å². The highest BCUT2D eigenvalue weighted by molar-refractivity contribution is 6.02. The van der Waals surface area contributed by atoms with Crippen LogP contribution in [0, 0.1) is 17.8 Å². The molecule has 0 spiro atoms. The maximum atomic E-state index is 14.6. The highest BCUT2D eigenvalue weighted by atomic mass is 16.4. The van der Waals surface area contributed by atoms with Crippen molar-refractivity contribution in [2.24, 2.45) is 35.0 Å². The molecule has 726 valence electrons. The predicted molar refractivity (Wildman–Crippen MR) is 467 cm³/mol. The number of rotatable bonds is 61. The van der Waals surface area contributed by atoms with Gasteiger partial charge in [-0.1, -0.05) is 133 Å². The molecule has 0 saturated heterocycles. The fourth-order valence-corrected chi connectivity index (χ4v) is 13.0. The maximum Gasteiger partial charge on any atom is 0.326 e. The van der Waals surface area contributed by atoms with E-state index in [0.717, 1.165) is 6.92 Å². The Balaban J connectivity index is 1.91. The van der Waals surface area contributed by atoms with Crippen LogP contribution in [0.25, 0.3) is 0 Å². The first-order valence-electron chi connectivity index (χ1n) is 42.7. The van der Waals surface area contributed by atoms with Gasteiger partial charge in [-0.05, 0) is 107 Å². The second-order valence-corrected chi connectivity index (χ2v) is 33.0. The van der Waals surface area contributed by atoms with Gasteiger partial charge in [-0.25, -0.2) is 4.79 Å². The molecule has 0 aliphatic heterocycles. The summed E-state index contributed by atoms with van der Waals surface area (Å²) in [6, 6.07) is -0.269. The molecule has 132 heavy (non-hydrogen) atoms. The Morgan fingerprint density at radius 3 is 0.871 bits per heavy atom. The summed E-state index contributed by atoms with van der Waals surface area (Å²) in [4.78, 5) is 296. The first-order valence-corrected chi connectivity index (χ1v) is 42.7. The van der Waals surface area contributed by atoms with E-state index < -0.39 is 316 Å². The van der Waals surface area contributed by atoms with Crippen molar-refractivity contribution in [1.29, 1.82) is 0 Å². The number of carbonyl (C=O) groups excluding carboxylic acids is 17. The smallest absolute Gasteiger partial charge is 0.326 e. The van der Waals surface area contributed by atoms with Crippen LogP contribution in [-0.4, -0.2) is 264 Å². The number of nitrogens with two attached hydrogens (primary N) is 3. The number of hydrogen-bond acceptors (Lipinski definition) is 24. The molecule has 0 fully saturated rings. The first kappa shape index (κ1) is 112. The molecule has 3 aromatic carbocycles. The van der Waals surface area contributed by atoms with Crippen LogP contribution >= 0.6 is 0 Å². The molecule has 0 heterocycles. The van der Waals surface area contributed by atoms with E-state index in [1.165, 1.54) is 13.8 Å². The van der Waals surface area contributed by atoms with Gasteiger partial charge in [0.1, 0.15) is 84.6 Å². The van der Waals surface area contributed by atoms with Gasteiger partial charge in [-0.15, -0.1) is 0 Å². The standard InChI is InChI=1S/C86H124N18O28/c1-43(2)35-57(98-76(121)53(25-30-64(88)106)93-73(118)47(8)91-79(124)59(38-49-19-13-10-14-20-49)101-82(127)60(97-72(117)46(7)87)39-50-21-15-11-16-22-50)80(125)95-54(26-31-65(89)107)77(122)99-58(36-44(3)4)81(126)102-62(41-70(115)116)84(129)96-55(28-33-68(111)112)75(120)94-56(29-34-69(113)114)78(123)104-71(48(9)105)85(130)90-42-66(108)92-52(27-32-67(109)110)74(119)100-61(40-51-23-17-12-18-24-51)83(128)103-63(86(131)132)37-45(5)6/h10-24,43-48,52-63,71,105H,25-42,87H2,1-9H3,(H2,88,106)(H2,89,107)(H,90,130)(H,91,124)(H,92,108)(H,93,118)(H,94,120)(H,95,125)(H,96,129)(H,97,117)(H,98,121)(H,99,122)(H,100,119)(H,101,127)(H,102,126)(H,103,128)(H,104,123)(H,109,110)(H,111,112)(H,113,114)(H,115,116)(H,131,132)/t46-,47-,48+,52-,53-,54-,55-,56-,57-,58-,59-,60-,61-,62-,63-,71-/m0/s1. The molecule has 27 N–H and O–H groups in total. The summed E-state index contributed by atoms with van der Waals surface area (Å²) in [5.74, 6) is -28.3. The molecule has 16 atom stereocenters. The minimum absolute atomic E-state index is 0.0135. The van der Waals surface area contributed by atoms with Gasteiger partial charge >= 0.3 is 29.8 Å². The van der Waals surface area contributed by atoms with Gasteiger partial charge in [0.25, 0.3) is 0 Å². The van der Waals surface area contributed by atoms with E-state index in [0.29, 0.717) is 16.7 Å². The second kappa shape index (κ2) is 57.1. The summed E-state index contributed by atoms with van der Waals surface area (Å²) in [6.45, 7) is 12.3. The number of nitrogens with one attached hydrogen (secondary N) is 15. The quantitative estimate of drug-likeness (QED) is 0.0252. The minimum Gasteiger partial charge on any atom is -0.481 e. The molecule has 0 aliphatic carbocycles. The van der Waals surface area contributed by atoms with E-state index in [9.17, 15) is 136 Å². The van der Waals surface area contributed by atoms with Crippen molar-refractivity contribution in [1.82, 2.24) is 79.8 Å². The average molecular weight is 1860 g/mol. The lowest BCUT2D eigenvalue weighted by molar-refractivity contribution is -0.143. The molecule has 17 amide bonds. The van der Waals surface area contributed by atoms with E-state index in [4.69, 9.17) is 17.2 Å². The van der Waals surface area contributed by atoms with Crippen molar-refractivity contribution in [2.45, 2.75) is 268 Å². The third kappa shape index (κ3) is 43.4. The van der Waals surface area contributed by atoms with Crippen LogP contribution in [0.5, 0.6) is 0 Å². The van der Waals surface area contributed by atoms with Crippen molar-refractivity contribution in [3.63, 3.8) is 0 Å². The van der Waals surface area contributed by atoms with Crippen molar-refractivity contribution >= 4 is 130 Å². The van der Waals surface area contributed by atoms with Gasteiger partial charge in [0.15, 0.2) is 0 Å². The molecule has 0 bridgehead atoms. The molecule has 0 radical (unpaired) electrons. The van der Waals surface area contributed by atoms with Crippen LogP contribution in [-0.2, 0) is 125 Å². The van der Waals surface area contributed by atoms with Crippen molar-refractivity contribution in [3.8, 4) is 0 Å². The Hall–Kier alpha value is -14.1. The number of hydrogen-bond donors (Lipinski definition) is 24. The number of aliphatic carboxylic acids is 5. The number of aliphatic hydroxyl groups excluding tert-OH is 1. The fraction of sp³-hybridized carbons (Fsp3) is 0.535. The van der Waals surface area contributed by atoms with E-state index in [1.54, 1.807) is 133 Å². The number of amides is 17. The van der Waals surface area contributed by atoms with Crippen LogP contribution < -0.4 is 97.0 Å². The third-order valence-electron chi connectivity index (χ3n) is 19.9. The summed E-state index contributed by atoms with van der Waals surface area (Å²) >= 11 is 0. The van der Waals surface area contributed by atoms with Gasteiger partial charge in [-0.3, -0.25) is 101 Å². The zero-order valence-corrected chi connectivity index (χ0v) is 74.8. The Kier molecular flexibility index (Phi) is 48.5. The van der Waals surface area contributed by atoms with Gasteiger partial charge in [0.05, 0.1) is 25.1 Å². The monoisotopic (exact) mass is 1860 g/mol. The largest absolute Gasteiger partial charge is 0.481 e. The topological polar surface area (TPSA) is 755 Å². The maximum absolute atomic E-state index is 14.6. The molecule has 0 saturated carbocycles. The molecular formula is C86H124N18O28. The average Bonchev–Trinajstić information content (AvgIpc) is 0.862. The Bertz CT molecular complexity index is 4500. The molecule has 46 nitrogen and oxygen atoms in total. The number of carboxylic acid groups (broad SMARTS) is 5. The van der Waals surface area contributed by atoms with Crippen molar-refractivity contribution in [3.05, 3.63) is 108 Å². The van der Waals surface area contributed by atoms with Crippen LogP contribution in [0.3, 0.4) is 0 Å². The lowest BCUT2D eigenvalue weighted by Crippen LogP contribution is -2.61. The highest BCUT2D eigenvalue weighted by Crippen LogP contribution is 2.17. The van der Waals surface area contributed by atoms with Gasteiger partial charge in [-0.2, -0.15) is 0 Å². The molecule has 46 heteroatoms. The SMILES string of the molecule is CC(C)C[C@H](NC(=O)[C@H](Cc1ccccc1)NC(=O)[C@H](CCC(=O)O)NC(=O)CNC(=O)[C@@H](NC(=O)[C@H](CCC(=O)O)NC(=O)[C@H](CCC(=O)O)NC(=O)[C@H](CC(=O)O)NC(=O)[C@H](CC(C)C)NC(=O)[C@H](CCC(N)=O)NC(=O)[C@H](CC(C)C)NC(=O)[C@H](CCC(N)=O)NC(=O)[C@H](C)NC(=O)[C@H](Cc1ccccc1)NC(=O)[C@H](Cc1ccccc1)NC(=O)[C@H](C)N)[C@@H](C)O)C(=O)O. The van der Waals surface area contributed by atoms with Crippen molar-refractivity contribution < 1.29 is 136 Å². The van der Waals surface area contributed by atoms with Gasteiger partial charge < -0.3 is 128 Å². The number of benzene rings is 3. The number of aliphatic hydroxyl groups is 1. The summed E-state index contributed by atoms with van der Waals surface area (Å²) < 4.78 is 0. The predicted octanol–water partition coefficient (Wildman–Crippen LogP) is -4.81. The Labute approximate surface area is 760 Å². The zero-order chi connectivity index (χ0) is 99.3. The van der Waals surface area contributed by atoms with Crippen LogP contribution in [0.15, 0.2) is 91.0 Å². The molecule has 3 aromatic rings. The van der Waals surface area contributed by atoms with E-state index in [-0.39, 0.29) is 44.4 Å². The molecule has 0 aromatic heterocycles. The number of carboxylic acids is 5. The van der Waals surface area contributed by atoms with Crippen LogP contribution in [0.2, 0.25) is 0 Å². The summed E-state index contributed by atoms with van der Waals surface area (Å²) in [7, 11) is 0. The highest BCUT2D eigenvalue weighted by Gasteiger charge is 2.40. The fourth-order valence-electron chi connectivity index (χ4n) is 13.0. The summed E-state index contributed by atoms with van der Waals surface area (Å²) in [5.41, 5.74) is 18.5. The van der Waals surface area contributed by atoms with Crippen LogP contribution in [0.4, 0.5) is 0 Å². The summed E-state index contributed by atoms with van der Waals surface area (Å²) in [6.07, 6.45) is -11.5. The molecule has 0 aliphatic rings. The summed E-state index contributed by atoms with van der Waals surface area (Å²) in [5, 5.41) is 94.9. The third-order valence-corrected chi connectivity index (χ3v) is 19.9. The van der Waals surface area contributed by atoms with Crippen molar-refractivity contribution in [2.75, 3.05) is 6.54 Å². The zero-order valence-electron chi connectivity index (χ0n) is 74.8. The van der Waals surface area contributed by atoms with Crippen LogP contribution in [0.1, 0.15) is 169 Å². The Morgan fingerprint density at radius 2 is 0.553 bits per heavy atom. The number of primary amides is 2.